The Kier molecular flexibility index (Phi) is 7.21. The maximum absolute atomic E-state index is 12.9. The smallest absolute Gasteiger partial charge is 0.340 e. The van der Waals surface area contributed by atoms with Crippen molar-refractivity contribution in [3.05, 3.63) is 78.4 Å². The molecule has 2 aromatic rings. The van der Waals surface area contributed by atoms with Crippen LogP contribution in [0.3, 0.4) is 0 Å². The number of alkyl halides is 3. The van der Waals surface area contributed by atoms with E-state index < -0.39 is 39.1 Å². The average Bonchev–Trinajstić information content (AvgIpc) is 2.67. The third-order valence-corrected chi connectivity index (χ3v) is 5.94. The highest BCUT2D eigenvalue weighted by atomic mass is 32.2. The number of likely N-dealkylation sites (N-methyl/N-ethyl adjacent to an activating group) is 1. The molecule has 0 aliphatic carbocycles. The van der Waals surface area contributed by atoms with Gasteiger partial charge in [-0.15, -0.1) is 6.58 Å². The quantitative estimate of drug-likeness (QED) is 0.607. The third-order valence-electron chi connectivity index (χ3n) is 4.13. The van der Waals surface area contributed by atoms with Crippen molar-refractivity contribution in [3.8, 4) is 0 Å². The number of hydrogen-bond donors (Lipinski definition) is 0. The van der Waals surface area contributed by atoms with Crippen molar-refractivity contribution in [1.82, 2.24) is 9.21 Å². The summed E-state index contributed by atoms with van der Waals surface area (Å²) in [4.78, 5) is 13.4. The van der Waals surface area contributed by atoms with Gasteiger partial charge in [0.15, 0.2) is 0 Å². The lowest BCUT2D eigenvalue weighted by molar-refractivity contribution is -0.137. The summed E-state index contributed by atoms with van der Waals surface area (Å²) in [6, 6.07) is 12.5. The van der Waals surface area contributed by atoms with E-state index in [1.807, 2.05) is 30.3 Å². The number of sulfonamides is 1. The van der Waals surface area contributed by atoms with Gasteiger partial charge in [0.1, 0.15) is 0 Å². The fraction of sp³-hybridized carbons (Fsp3) is 0.250. The van der Waals surface area contributed by atoms with Gasteiger partial charge in [0.2, 0.25) is 15.9 Å². The number of benzene rings is 2. The maximum Gasteiger partial charge on any atom is 0.416 e. The number of carbonyl (C=O) groups excluding carboxylic acids is 1. The second-order valence-electron chi connectivity index (χ2n) is 6.35. The lowest BCUT2D eigenvalue weighted by Gasteiger charge is -2.24. The highest BCUT2D eigenvalue weighted by Gasteiger charge is 2.33. The van der Waals surface area contributed by atoms with Gasteiger partial charge in [-0.25, -0.2) is 8.42 Å². The van der Waals surface area contributed by atoms with Crippen molar-refractivity contribution in [3.63, 3.8) is 0 Å². The van der Waals surface area contributed by atoms with Gasteiger partial charge in [-0.1, -0.05) is 42.5 Å². The summed E-state index contributed by atoms with van der Waals surface area (Å²) in [7, 11) is -2.81. The summed E-state index contributed by atoms with van der Waals surface area (Å²) in [5.74, 6) is -0.494. The molecule has 0 aliphatic rings. The molecule has 29 heavy (non-hydrogen) atoms. The molecule has 0 atom stereocenters. The summed E-state index contributed by atoms with van der Waals surface area (Å²) in [5, 5.41) is 0. The molecule has 9 heteroatoms. The first kappa shape index (κ1) is 22.6. The monoisotopic (exact) mass is 426 g/mol. The molecule has 0 aromatic heterocycles. The largest absolute Gasteiger partial charge is 0.416 e. The van der Waals surface area contributed by atoms with Crippen LogP contribution in [0.15, 0.2) is 72.1 Å². The van der Waals surface area contributed by atoms with Crippen LogP contribution in [0.5, 0.6) is 0 Å². The van der Waals surface area contributed by atoms with Crippen LogP contribution < -0.4 is 0 Å². The van der Waals surface area contributed by atoms with E-state index in [0.717, 1.165) is 28.1 Å². The minimum atomic E-state index is -4.68. The Morgan fingerprint density at radius 2 is 1.76 bits per heavy atom. The van der Waals surface area contributed by atoms with Crippen LogP contribution in [0.1, 0.15) is 11.1 Å². The van der Waals surface area contributed by atoms with Gasteiger partial charge < -0.3 is 4.90 Å². The van der Waals surface area contributed by atoms with Gasteiger partial charge >= 0.3 is 6.18 Å². The molecule has 0 bridgehead atoms. The van der Waals surface area contributed by atoms with E-state index in [1.54, 1.807) is 0 Å². The summed E-state index contributed by atoms with van der Waals surface area (Å²) in [5.41, 5.74) is -0.219. The standard InChI is InChI=1S/C20H21F3N2O3S/c1-3-12-25(15-19(26)24(2)14-16-8-5-4-6-9-16)29(27,28)18-11-7-10-17(13-18)20(21,22)23/h3-11,13H,1,12,14-15H2,2H3. The van der Waals surface area contributed by atoms with Crippen molar-refractivity contribution < 1.29 is 26.4 Å². The van der Waals surface area contributed by atoms with Crippen LogP contribution in [0.2, 0.25) is 0 Å². The normalized spacial score (nSPS) is 12.0. The third kappa shape index (κ3) is 5.91. The predicted octanol–water partition coefficient (Wildman–Crippen LogP) is 3.54. The van der Waals surface area contributed by atoms with Gasteiger partial charge in [-0.3, -0.25) is 4.79 Å². The first-order chi connectivity index (χ1) is 13.6. The number of carbonyl (C=O) groups is 1. The van der Waals surface area contributed by atoms with Gasteiger partial charge in [-0.05, 0) is 23.8 Å². The number of amides is 1. The maximum atomic E-state index is 12.9. The molecule has 0 N–H and O–H groups in total. The summed E-state index contributed by atoms with van der Waals surface area (Å²) in [6.45, 7) is 3.00. The van der Waals surface area contributed by atoms with Crippen molar-refractivity contribution in [2.45, 2.75) is 17.6 Å². The molecule has 2 aromatic carbocycles. The van der Waals surface area contributed by atoms with Crippen LogP contribution in [-0.4, -0.2) is 43.7 Å². The van der Waals surface area contributed by atoms with Crippen LogP contribution >= 0.6 is 0 Å². The van der Waals surface area contributed by atoms with E-state index >= 15 is 0 Å². The van der Waals surface area contributed by atoms with Crippen molar-refractivity contribution >= 4 is 15.9 Å². The number of halogens is 3. The van der Waals surface area contributed by atoms with Crippen LogP contribution in [-0.2, 0) is 27.5 Å². The fourth-order valence-corrected chi connectivity index (χ4v) is 4.00. The van der Waals surface area contributed by atoms with Crippen molar-refractivity contribution in [2.75, 3.05) is 20.1 Å². The van der Waals surface area contributed by atoms with E-state index in [1.165, 1.54) is 18.0 Å². The van der Waals surface area contributed by atoms with E-state index in [9.17, 15) is 26.4 Å². The number of rotatable bonds is 8. The summed E-state index contributed by atoms with van der Waals surface area (Å²) < 4.78 is 65.3. The molecule has 0 heterocycles. The Hall–Kier alpha value is -2.65. The molecule has 2 rings (SSSR count). The Balaban J connectivity index is 2.23. The topological polar surface area (TPSA) is 57.7 Å². The van der Waals surface area contributed by atoms with E-state index in [-0.39, 0.29) is 13.1 Å². The van der Waals surface area contributed by atoms with Crippen LogP contribution in [0.25, 0.3) is 0 Å². The first-order valence-corrected chi connectivity index (χ1v) is 10.1. The molecule has 0 saturated heterocycles. The summed E-state index contributed by atoms with van der Waals surface area (Å²) >= 11 is 0. The van der Waals surface area contributed by atoms with E-state index in [4.69, 9.17) is 0 Å². The molecule has 156 valence electrons. The van der Waals surface area contributed by atoms with Crippen LogP contribution in [0, 0.1) is 0 Å². The minimum absolute atomic E-state index is 0.219. The zero-order valence-corrected chi connectivity index (χ0v) is 16.6. The molecule has 1 amide bonds. The van der Waals surface area contributed by atoms with Gasteiger partial charge in [0, 0.05) is 20.1 Å². The molecule has 0 spiro atoms. The SMILES string of the molecule is C=CCN(CC(=O)N(C)Cc1ccccc1)S(=O)(=O)c1cccc(C(F)(F)F)c1. The highest BCUT2D eigenvalue weighted by molar-refractivity contribution is 7.89. The van der Waals surface area contributed by atoms with Gasteiger partial charge in [0.25, 0.3) is 0 Å². The molecule has 5 nitrogen and oxygen atoms in total. The molecule has 0 aliphatic heterocycles. The lowest BCUT2D eigenvalue weighted by atomic mass is 10.2. The van der Waals surface area contributed by atoms with Crippen LogP contribution in [0.4, 0.5) is 13.2 Å². The molecule has 0 saturated carbocycles. The van der Waals surface area contributed by atoms with Gasteiger partial charge in [0.05, 0.1) is 17.0 Å². The molecular formula is C20H21F3N2O3S. The molecular weight excluding hydrogens is 405 g/mol. The number of nitrogens with zero attached hydrogens (tertiary/aromatic N) is 2. The Bertz CT molecular complexity index is 960. The lowest BCUT2D eigenvalue weighted by Crippen LogP contribution is -2.41. The Labute approximate surface area is 168 Å². The second-order valence-corrected chi connectivity index (χ2v) is 8.29. The summed E-state index contributed by atoms with van der Waals surface area (Å²) in [6.07, 6.45) is -3.41. The van der Waals surface area contributed by atoms with Crippen molar-refractivity contribution in [1.29, 1.82) is 0 Å². The fourth-order valence-electron chi connectivity index (χ4n) is 2.59. The van der Waals surface area contributed by atoms with E-state index in [2.05, 4.69) is 6.58 Å². The molecule has 0 fully saturated rings. The Morgan fingerprint density at radius 1 is 1.10 bits per heavy atom. The molecule has 0 unspecified atom stereocenters. The van der Waals surface area contributed by atoms with Gasteiger partial charge in [-0.2, -0.15) is 17.5 Å². The predicted molar refractivity (Wildman–Crippen MR) is 103 cm³/mol. The number of hydrogen-bond acceptors (Lipinski definition) is 3. The highest BCUT2D eigenvalue weighted by Crippen LogP contribution is 2.31. The second kappa shape index (κ2) is 9.23. The van der Waals surface area contributed by atoms with Crippen molar-refractivity contribution in [2.24, 2.45) is 0 Å². The van der Waals surface area contributed by atoms with E-state index in [0.29, 0.717) is 6.07 Å². The molecule has 0 radical (unpaired) electrons. The minimum Gasteiger partial charge on any atom is -0.340 e. The zero-order chi connectivity index (χ0) is 21.7. The zero-order valence-electron chi connectivity index (χ0n) is 15.8. The first-order valence-electron chi connectivity index (χ1n) is 8.62. The average molecular weight is 426 g/mol. The Morgan fingerprint density at radius 3 is 2.34 bits per heavy atom.